The highest BCUT2D eigenvalue weighted by Gasteiger charge is 2.19. The Balaban J connectivity index is 2.83. The molecule has 0 aromatic heterocycles. The number of hydrogen-bond acceptors (Lipinski definition) is 6. The van der Waals surface area contributed by atoms with Gasteiger partial charge >= 0.3 is 5.97 Å². The molecule has 7 nitrogen and oxygen atoms in total. The first kappa shape index (κ1) is 16.9. The van der Waals surface area contributed by atoms with E-state index in [0.717, 1.165) is 0 Å². The van der Waals surface area contributed by atoms with Gasteiger partial charge in [0.05, 0.1) is 11.0 Å². The van der Waals surface area contributed by atoms with Crippen molar-refractivity contribution in [2.24, 2.45) is 5.16 Å². The lowest BCUT2D eigenvalue weighted by Gasteiger charge is -2.09. The second-order valence-electron chi connectivity index (χ2n) is 4.53. The number of rotatable bonds is 6. The molecule has 114 valence electrons. The summed E-state index contributed by atoms with van der Waals surface area (Å²) < 4.78 is 4.90. The zero-order chi connectivity index (χ0) is 16.0. The van der Waals surface area contributed by atoms with Crippen molar-refractivity contribution < 1.29 is 19.7 Å². The molecule has 1 aromatic rings. The average molecular weight is 315 g/mol. The van der Waals surface area contributed by atoms with E-state index in [2.05, 4.69) is 5.16 Å². The smallest absolute Gasteiger partial charge is 0.356 e. The number of nitro groups is 1. The lowest BCUT2D eigenvalue weighted by Crippen LogP contribution is -2.22. The summed E-state index contributed by atoms with van der Waals surface area (Å²) in [5.74, 6) is -0.746. The van der Waals surface area contributed by atoms with Crippen LogP contribution in [0.5, 0.6) is 0 Å². The van der Waals surface area contributed by atoms with E-state index in [4.69, 9.17) is 21.5 Å². The Kier molecular flexibility index (Phi) is 6.10. The Labute approximate surface area is 126 Å². The van der Waals surface area contributed by atoms with Gasteiger partial charge in [-0.15, -0.1) is 0 Å². The molecule has 1 aromatic carbocycles. The fraction of sp³-hybridized carbons (Fsp3) is 0.385. The van der Waals surface area contributed by atoms with E-state index in [1.807, 2.05) is 0 Å². The highest BCUT2D eigenvalue weighted by Crippen LogP contribution is 2.24. The summed E-state index contributed by atoms with van der Waals surface area (Å²) in [7, 11) is 0. The number of carbonyl (C=O) groups excluding carboxylic acids is 1. The molecule has 1 N–H and O–H groups in total. The van der Waals surface area contributed by atoms with Crippen LogP contribution in [0.1, 0.15) is 25.8 Å². The van der Waals surface area contributed by atoms with Gasteiger partial charge in [0.1, 0.15) is 0 Å². The minimum Gasteiger partial charge on any atom is -0.458 e. The number of nitro benzene ring substituents is 1. The molecule has 0 heterocycles. The molecule has 0 saturated heterocycles. The largest absolute Gasteiger partial charge is 0.458 e. The highest BCUT2D eigenvalue weighted by molar-refractivity contribution is 6.36. The van der Waals surface area contributed by atoms with Crippen LogP contribution in [-0.2, 0) is 16.0 Å². The summed E-state index contributed by atoms with van der Waals surface area (Å²) in [5.41, 5.74) is 0.0628. The Morgan fingerprint density at radius 1 is 1.52 bits per heavy atom. The maximum atomic E-state index is 11.6. The number of aryl methyl sites for hydroxylation is 1. The molecule has 0 saturated carbocycles. The third kappa shape index (κ3) is 5.03. The van der Waals surface area contributed by atoms with Crippen LogP contribution in [-0.4, -0.2) is 27.9 Å². The molecule has 0 radical (unpaired) electrons. The molecule has 8 heteroatoms. The van der Waals surface area contributed by atoms with E-state index in [0.29, 0.717) is 5.56 Å². The number of nitrogens with zero attached hydrogens (tertiary/aromatic N) is 2. The SMILES string of the molecule is CC(C)OC(=O)/C(CCc1ccc(Cl)cc1[N+](=O)[O-])=N/O. The fourth-order valence-corrected chi connectivity index (χ4v) is 1.81. The summed E-state index contributed by atoms with van der Waals surface area (Å²) in [6.45, 7) is 3.33. The van der Waals surface area contributed by atoms with Gasteiger partial charge in [-0.2, -0.15) is 0 Å². The van der Waals surface area contributed by atoms with Gasteiger partial charge < -0.3 is 9.94 Å². The van der Waals surface area contributed by atoms with E-state index in [-0.39, 0.29) is 35.4 Å². The summed E-state index contributed by atoms with van der Waals surface area (Å²) >= 11 is 5.72. The van der Waals surface area contributed by atoms with Gasteiger partial charge in [-0.25, -0.2) is 4.79 Å². The van der Waals surface area contributed by atoms with Crippen molar-refractivity contribution in [2.75, 3.05) is 0 Å². The first-order valence-electron chi connectivity index (χ1n) is 6.20. The third-order valence-electron chi connectivity index (χ3n) is 2.57. The van der Waals surface area contributed by atoms with Gasteiger partial charge in [-0.1, -0.05) is 22.8 Å². The van der Waals surface area contributed by atoms with E-state index in [1.165, 1.54) is 18.2 Å². The molecule has 0 aliphatic rings. The topological polar surface area (TPSA) is 102 Å². The van der Waals surface area contributed by atoms with Crippen molar-refractivity contribution in [1.82, 2.24) is 0 Å². The predicted molar refractivity (Wildman–Crippen MR) is 76.9 cm³/mol. The molecule has 0 unspecified atom stereocenters. The van der Waals surface area contributed by atoms with Gasteiger partial charge in [0.15, 0.2) is 5.71 Å². The van der Waals surface area contributed by atoms with E-state index in [1.54, 1.807) is 13.8 Å². The van der Waals surface area contributed by atoms with Gasteiger partial charge in [0.25, 0.3) is 5.69 Å². The van der Waals surface area contributed by atoms with Crippen LogP contribution in [0.2, 0.25) is 5.02 Å². The van der Waals surface area contributed by atoms with Crippen LogP contribution in [0.4, 0.5) is 5.69 Å². The average Bonchev–Trinajstić information content (AvgIpc) is 2.39. The number of halogens is 1. The molecule has 0 aliphatic heterocycles. The quantitative estimate of drug-likeness (QED) is 0.286. The number of esters is 1. The molecular formula is C13H15ClN2O5. The number of hydrogen-bond donors (Lipinski definition) is 1. The maximum absolute atomic E-state index is 11.6. The first-order chi connectivity index (χ1) is 9.85. The second-order valence-corrected chi connectivity index (χ2v) is 4.97. The molecule has 0 amide bonds. The standard InChI is InChI=1S/C13H15ClN2O5/c1-8(2)21-13(17)11(15-18)6-4-9-3-5-10(14)7-12(9)16(19)20/h3,5,7-8,18H,4,6H2,1-2H3/b15-11+. The molecule has 0 aliphatic carbocycles. The predicted octanol–water partition coefficient (Wildman–Crippen LogP) is 2.96. The van der Waals surface area contributed by atoms with Gasteiger partial charge in [-0.05, 0) is 26.3 Å². The molecule has 21 heavy (non-hydrogen) atoms. The van der Waals surface area contributed by atoms with Crippen molar-refractivity contribution in [3.05, 3.63) is 38.9 Å². The minimum atomic E-state index is -0.746. The monoisotopic (exact) mass is 314 g/mol. The van der Waals surface area contributed by atoms with Crippen LogP contribution < -0.4 is 0 Å². The summed E-state index contributed by atoms with van der Waals surface area (Å²) in [6.07, 6.45) is -0.177. The van der Waals surface area contributed by atoms with Crippen molar-refractivity contribution in [3.63, 3.8) is 0 Å². The second kappa shape index (κ2) is 7.58. The van der Waals surface area contributed by atoms with Crippen LogP contribution in [0.3, 0.4) is 0 Å². The van der Waals surface area contributed by atoms with E-state index >= 15 is 0 Å². The van der Waals surface area contributed by atoms with Crippen LogP contribution in [0, 0.1) is 10.1 Å². The molecule has 1 rings (SSSR count). The van der Waals surface area contributed by atoms with Crippen molar-refractivity contribution >= 4 is 29.0 Å². The van der Waals surface area contributed by atoms with Crippen molar-refractivity contribution in [2.45, 2.75) is 32.8 Å². The van der Waals surface area contributed by atoms with Crippen LogP contribution in [0.15, 0.2) is 23.4 Å². The third-order valence-corrected chi connectivity index (χ3v) is 2.81. The zero-order valence-electron chi connectivity index (χ0n) is 11.6. The summed E-state index contributed by atoms with van der Waals surface area (Å²) in [4.78, 5) is 22.0. The summed E-state index contributed by atoms with van der Waals surface area (Å²) in [5, 5.41) is 22.9. The number of ether oxygens (including phenoxy) is 1. The van der Waals surface area contributed by atoms with E-state index in [9.17, 15) is 14.9 Å². The van der Waals surface area contributed by atoms with Crippen LogP contribution in [0.25, 0.3) is 0 Å². The van der Waals surface area contributed by atoms with E-state index < -0.39 is 10.9 Å². The minimum absolute atomic E-state index is 0.0184. The highest BCUT2D eigenvalue weighted by atomic mass is 35.5. The Morgan fingerprint density at radius 2 is 2.19 bits per heavy atom. The van der Waals surface area contributed by atoms with Gasteiger partial charge in [0, 0.05) is 23.1 Å². The number of oxime groups is 1. The maximum Gasteiger partial charge on any atom is 0.356 e. The van der Waals surface area contributed by atoms with Crippen LogP contribution >= 0.6 is 11.6 Å². The first-order valence-corrected chi connectivity index (χ1v) is 6.57. The van der Waals surface area contributed by atoms with Gasteiger partial charge in [0.2, 0.25) is 0 Å². The molecule has 0 atom stereocenters. The lowest BCUT2D eigenvalue weighted by atomic mass is 10.1. The Hall–Kier alpha value is -2.15. The number of benzene rings is 1. The molecule has 0 bridgehead atoms. The zero-order valence-corrected chi connectivity index (χ0v) is 12.3. The summed E-state index contributed by atoms with van der Waals surface area (Å²) in [6, 6.07) is 4.26. The molecular weight excluding hydrogens is 300 g/mol. The Morgan fingerprint density at radius 3 is 2.71 bits per heavy atom. The van der Waals surface area contributed by atoms with Gasteiger partial charge in [-0.3, -0.25) is 10.1 Å². The molecule has 0 spiro atoms. The fourth-order valence-electron chi connectivity index (χ4n) is 1.65. The normalized spacial score (nSPS) is 11.5. The van der Waals surface area contributed by atoms with Crippen molar-refractivity contribution in [3.8, 4) is 0 Å². The Bertz CT molecular complexity index is 572. The lowest BCUT2D eigenvalue weighted by molar-refractivity contribution is -0.385. The number of carbonyl (C=O) groups is 1. The molecule has 0 fully saturated rings. The van der Waals surface area contributed by atoms with Crippen molar-refractivity contribution in [1.29, 1.82) is 0 Å².